The maximum atomic E-state index is 10.4. The lowest BCUT2D eigenvalue weighted by molar-refractivity contribution is -0.132. The van der Waals surface area contributed by atoms with Gasteiger partial charge in [0.25, 0.3) is 0 Å². The molecule has 1 rings (SSSR count). The summed E-state index contributed by atoms with van der Waals surface area (Å²) >= 11 is 0. The summed E-state index contributed by atoms with van der Waals surface area (Å²) in [6.45, 7) is 6.82. The molecule has 1 heterocycles. The molecule has 0 amide bonds. The van der Waals surface area contributed by atoms with Gasteiger partial charge in [0.15, 0.2) is 0 Å². The Balaban J connectivity index is 2.05. The molecule has 1 fully saturated rings. The fraction of sp³-hybridized carbons (Fsp3) is 0.700. The molecule has 1 aliphatic heterocycles. The van der Waals surface area contributed by atoms with Crippen molar-refractivity contribution in [2.45, 2.75) is 32.2 Å². The number of rotatable bonds is 6. The summed E-state index contributed by atoms with van der Waals surface area (Å²) in [5, 5.41) is 11.8. The first-order valence-corrected chi connectivity index (χ1v) is 4.75. The predicted molar refractivity (Wildman–Crippen MR) is 51.6 cm³/mol. The Morgan fingerprint density at radius 2 is 2.38 bits per heavy atom. The molecule has 2 unspecified atom stereocenters. The predicted octanol–water partition coefficient (Wildman–Crippen LogP) is 1.41. The van der Waals surface area contributed by atoms with E-state index in [1.165, 1.54) is 0 Å². The second-order valence-corrected chi connectivity index (χ2v) is 3.79. The summed E-state index contributed by atoms with van der Waals surface area (Å²) in [4.78, 5) is 10.4. The molecular formula is C10H17NO2. The number of nitrogens with one attached hydrogen (secondary N) is 1. The number of carboxylic acids is 1. The third-order valence-electron chi connectivity index (χ3n) is 2.57. The van der Waals surface area contributed by atoms with Gasteiger partial charge < -0.3 is 10.4 Å². The van der Waals surface area contributed by atoms with Crippen LogP contribution in [0.1, 0.15) is 26.2 Å². The molecule has 3 heteroatoms. The van der Waals surface area contributed by atoms with Crippen molar-refractivity contribution in [2.75, 3.05) is 6.54 Å². The van der Waals surface area contributed by atoms with Crippen molar-refractivity contribution in [1.82, 2.24) is 5.32 Å². The molecule has 0 aromatic carbocycles. The van der Waals surface area contributed by atoms with Crippen LogP contribution >= 0.6 is 0 Å². The molecule has 13 heavy (non-hydrogen) atoms. The Bertz CT molecular complexity index is 209. The zero-order chi connectivity index (χ0) is 9.84. The molecule has 2 atom stereocenters. The van der Waals surface area contributed by atoms with Crippen molar-refractivity contribution >= 4 is 5.97 Å². The van der Waals surface area contributed by atoms with Crippen LogP contribution in [0.5, 0.6) is 0 Å². The standard InChI is InChI=1S/C10H17NO2/c1-7(9-6-11-9)4-3-5-8(2)10(12)13/h7,9,11H,2-6H2,1H3,(H,12,13). The Morgan fingerprint density at radius 1 is 1.77 bits per heavy atom. The molecule has 1 saturated heterocycles. The summed E-state index contributed by atoms with van der Waals surface area (Å²) in [6, 6.07) is 0.679. The van der Waals surface area contributed by atoms with E-state index in [0.717, 1.165) is 19.4 Å². The minimum absolute atomic E-state index is 0.330. The molecular weight excluding hydrogens is 166 g/mol. The van der Waals surface area contributed by atoms with Crippen molar-refractivity contribution in [1.29, 1.82) is 0 Å². The van der Waals surface area contributed by atoms with E-state index in [0.29, 0.717) is 24.0 Å². The fourth-order valence-electron chi connectivity index (χ4n) is 1.42. The van der Waals surface area contributed by atoms with Gasteiger partial charge in [0.2, 0.25) is 0 Å². The number of carboxylic acid groups (broad SMARTS) is 1. The lowest BCUT2D eigenvalue weighted by atomic mass is 9.99. The first-order chi connectivity index (χ1) is 6.11. The van der Waals surface area contributed by atoms with Crippen molar-refractivity contribution in [3.63, 3.8) is 0 Å². The van der Waals surface area contributed by atoms with Gasteiger partial charge in [-0.05, 0) is 25.2 Å². The highest BCUT2D eigenvalue weighted by atomic mass is 16.4. The second-order valence-electron chi connectivity index (χ2n) is 3.79. The molecule has 0 saturated carbocycles. The van der Waals surface area contributed by atoms with E-state index in [9.17, 15) is 4.79 Å². The van der Waals surface area contributed by atoms with Crippen LogP contribution in [-0.2, 0) is 4.79 Å². The topological polar surface area (TPSA) is 59.2 Å². The maximum Gasteiger partial charge on any atom is 0.330 e. The summed E-state index contributed by atoms with van der Waals surface area (Å²) in [5.41, 5.74) is 0.330. The monoisotopic (exact) mass is 183 g/mol. The van der Waals surface area contributed by atoms with Crippen LogP contribution in [0.2, 0.25) is 0 Å². The normalized spacial score (nSPS) is 22.4. The summed E-state index contributed by atoms with van der Waals surface area (Å²) < 4.78 is 0. The number of carbonyl (C=O) groups is 1. The average molecular weight is 183 g/mol. The van der Waals surface area contributed by atoms with Gasteiger partial charge in [-0.1, -0.05) is 13.5 Å². The number of hydrogen-bond donors (Lipinski definition) is 2. The van der Waals surface area contributed by atoms with Gasteiger partial charge in [-0.15, -0.1) is 0 Å². The minimum atomic E-state index is -0.864. The van der Waals surface area contributed by atoms with Crippen LogP contribution in [0.3, 0.4) is 0 Å². The Hall–Kier alpha value is -0.830. The third kappa shape index (κ3) is 3.59. The highest BCUT2D eigenvalue weighted by Gasteiger charge is 2.26. The maximum absolute atomic E-state index is 10.4. The molecule has 0 aromatic rings. The Kier molecular flexibility index (Phi) is 3.48. The molecule has 0 aliphatic carbocycles. The van der Waals surface area contributed by atoms with Gasteiger partial charge in [-0.2, -0.15) is 0 Å². The summed E-state index contributed by atoms with van der Waals surface area (Å²) in [7, 11) is 0. The van der Waals surface area contributed by atoms with Crippen molar-refractivity contribution in [3.05, 3.63) is 12.2 Å². The van der Waals surface area contributed by atoms with Crippen LogP contribution in [0.15, 0.2) is 12.2 Å². The smallest absolute Gasteiger partial charge is 0.330 e. The largest absolute Gasteiger partial charge is 0.478 e. The zero-order valence-corrected chi connectivity index (χ0v) is 8.05. The van der Waals surface area contributed by atoms with E-state index in [-0.39, 0.29) is 0 Å². The van der Waals surface area contributed by atoms with E-state index in [2.05, 4.69) is 18.8 Å². The highest BCUT2D eigenvalue weighted by molar-refractivity contribution is 5.85. The van der Waals surface area contributed by atoms with Crippen molar-refractivity contribution in [2.24, 2.45) is 5.92 Å². The van der Waals surface area contributed by atoms with Gasteiger partial charge in [0, 0.05) is 18.2 Å². The van der Waals surface area contributed by atoms with Gasteiger partial charge in [-0.3, -0.25) is 0 Å². The van der Waals surface area contributed by atoms with E-state index in [4.69, 9.17) is 5.11 Å². The molecule has 74 valence electrons. The zero-order valence-electron chi connectivity index (χ0n) is 8.05. The van der Waals surface area contributed by atoms with Gasteiger partial charge in [0.1, 0.15) is 0 Å². The van der Waals surface area contributed by atoms with Crippen molar-refractivity contribution < 1.29 is 9.90 Å². The summed E-state index contributed by atoms with van der Waals surface area (Å²) in [6.07, 6.45) is 2.64. The molecule has 2 N–H and O–H groups in total. The lowest BCUT2D eigenvalue weighted by Gasteiger charge is -2.07. The van der Waals surface area contributed by atoms with Crippen LogP contribution in [0, 0.1) is 5.92 Å². The summed E-state index contributed by atoms with van der Waals surface area (Å²) in [5.74, 6) is -0.196. The van der Waals surface area contributed by atoms with E-state index >= 15 is 0 Å². The van der Waals surface area contributed by atoms with Crippen LogP contribution in [0.4, 0.5) is 0 Å². The Labute approximate surface area is 78.8 Å². The minimum Gasteiger partial charge on any atom is -0.478 e. The SMILES string of the molecule is C=C(CCCC(C)C1CN1)C(=O)O. The first-order valence-electron chi connectivity index (χ1n) is 4.75. The van der Waals surface area contributed by atoms with E-state index in [1.54, 1.807) is 0 Å². The van der Waals surface area contributed by atoms with Gasteiger partial charge >= 0.3 is 5.97 Å². The quantitative estimate of drug-likeness (QED) is 0.483. The average Bonchev–Trinajstić information content (AvgIpc) is 2.85. The molecule has 0 bridgehead atoms. The van der Waals surface area contributed by atoms with E-state index < -0.39 is 5.97 Å². The molecule has 0 radical (unpaired) electrons. The third-order valence-corrected chi connectivity index (χ3v) is 2.57. The Morgan fingerprint density at radius 3 is 2.85 bits per heavy atom. The van der Waals surface area contributed by atoms with Crippen molar-refractivity contribution in [3.8, 4) is 0 Å². The van der Waals surface area contributed by atoms with Crippen LogP contribution in [-0.4, -0.2) is 23.7 Å². The molecule has 0 aromatic heterocycles. The van der Waals surface area contributed by atoms with Gasteiger partial charge in [-0.25, -0.2) is 4.79 Å². The van der Waals surface area contributed by atoms with E-state index in [1.807, 2.05) is 0 Å². The first kappa shape index (κ1) is 10.3. The number of hydrogen-bond acceptors (Lipinski definition) is 2. The number of aliphatic carboxylic acids is 1. The lowest BCUT2D eigenvalue weighted by Crippen LogP contribution is -2.07. The molecule has 3 nitrogen and oxygen atoms in total. The van der Waals surface area contributed by atoms with Crippen LogP contribution in [0.25, 0.3) is 0 Å². The molecule has 1 aliphatic rings. The fourth-order valence-corrected chi connectivity index (χ4v) is 1.42. The highest BCUT2D eigenvalue weighted by Crippen LogP contribution is 2.19. The molecule has 0 spiro atoms. The van der Waals surface area contributed by atoms with Gasteiger partial charge in [0.05, 0.1) is 0 Å². The second kappa shape index (κ2) is 4.42. The van der Waals surface area contributed by atoms with Crippen LogP contribution < -0.4 is 5.32 Å².